The third-order valence-corrected chi connectivity index (χ3v) is 5.66. The fraction of sp³-hybridized carbons (Fsp3) is 0.800. The highest BCUT2D eigenvalue weighted by molar-refractivity contribution is 6.64. The molecule has 3 heteroatoms. The minimum atomic E-state index is -1.95. The van der Waals surface area contributed by atoms with Gasteiger partial charge in [0.25, 0.3) is 0 Å². The summed E-state index contributed by atoms with van der Waals surface area (Å²) < 4.78 is 12.0. The van der Waals surface area contributed by atoms with Gasteiger partial charge in [-0.3, -0.25) is 0 Å². The summed E-state index contributed by atoms with van der Waals surface area (Å²) in [5.41, 5.74) is 2.80. The van der Waals surface area contributed by atoms with Crippen LogP contribution < -0.4 is 0 Å². The number of hydrogen-bond acceptors (Lipinski definition) is 2. The van der Waals surface area contributed by atoms with E-state index in [1.165, 1.54) is 49.7 Å². The van der Waals surface area contributed by atoms with Gasteiger partial charge in [-0.15, -0.1) is 0 Å². The Morgan fingerprint density at radius 3 is 2.17 bits per heavy atom. The topological polar surface area (TPSA) is 18.5 Å². The van der Waals surface area contributed by atoms with Crippen LogP contribution in [-0.4, -0.2) is 21.8 Å². The number of rotatable bonds is 14. The molecule has 0 aromatic carbocycles. The van der Waals surface area contributed by atoms with Gasteiger partial charge < -0.3 is 8.85 Å². The van der Waals surface area contributed by atoms with Crippen molar-refractivity contribution >= 4 is 8.56 Å². The molecule has 0 radical (unpaired) electrons. The van der Waals surface area contributed by atoms with E-state index in [0.29, 0.717) is 6.61 Å². The first-order valence-corrected chi connectivity index (χ1v) is 12.3. The minimum Gasteiger partial charge on any atom is -0.395 e. The highest BCUT2D eigenvalue weighted by Crippen LogP contribution is 2.11. The largest absolute Gasteiger partial charge is 0.395 e. The normalized spacial score (nSPS) is 12.5. The Balaban J connectivity index is 3.75. The number of allylic oxidation sites excluding steroid dienone is 3. The standard InChI is InChI=1S/C20H40O2Si/c1-7-8-9-10-11-12-17-21-23(5,6)22-18-16-20(4)15-13-14-19(2)3/h14,16H,7-13,15,17-18H2,1-6H3/b20-16+. The summed E-state index contributed by atoms with van der Waals surface area (Å²) in [6.45, 7) is 14.6. The summed E-state index contributed by atoms with van der Waals surface area (Å²) in [7, 11) is -1.95. The molecule has 0 saturated heterocycles. The zero-order valence-corrected chi connectivity index (χ0v) is 17.5. The molecule has 0 saturated carbocycles. The van der Waals surface area contributed by atoms with Crippen LogP contribution in [0.25, 0.3) is 0 Å². The van der Waals surface area contributed by atoms with Crippen molar-refractivity contribution in [2.75, 3.05) is 13.2 Å². The molecule has 136 valence electrons. The van der Waals surface area contributed by atoms with Gasteiger partial charge in [0, 0.05) is 6.61 Å². The van der Waals surface area contributed by atoms with Crippen molar-refractivity contribution in [2.24, 2.45) is 0 Å². The van der Waals surface area contributed by atoms with Crippen LogP contribution in [0.2, 0.25) is 13.1 Å². The van der Waals surface area contributed by atoms with E-state index in [9.17, 15) is 0 Å². The third-order valence-electron chi connectivity index (χ3n) is 3.90. The van der Waals surface area contributed by atoms with Gasteiger partial charge in [0.15, 0.2) is 0 Å². The van der Waals surface area contributed by atoms with E-state index in [1.54, 1.807) is 0 Å². The summed E-state index contributed by atoms with van der Waals surface area (Å²) in [5, 5.41) is 0. The molecule has 0 heterocycles. The van der Waals surface area contributed by atoms with Gasteiger partial charge in [-0.2, -0.15) is 0 Å². The van der Waals surface area contributed by atoms with E-state index in [0.717, 1.165) is 19.4 Å². The van der Waals surface area contributed by atoms with Crippen molar-refractivity contribution in [3.8, 4) is 0 Å². The Morgan fingerprint density at radius 1 is 0.870 bits per heavy atom. The maximum Gasteiger partial charge on any atom is 0.331 e. The second kappa shape index (κ2) is 14.0. The summed E-state index contributed by atoms with van der Waals surface area (Å²) >= 11 is 0. The summed E-state index contributed by atoms with van der Waals surface area (Å²) in [6, 6.07) is 0. The molecule has 0 N–H and O–H groups in total. The first kappa shape index (κ1) is 22.6. The van der Waals surface area contributed by atoms with Gasteiger partial charge in [0.05, 0.1) is 6.61 Å². The molecule has 0 bridgehead atoms. The Labute approximate surface area is 146 Å². The molecule has 0 rings (SSSR count). The average molecular weight is 341 g/mol. The molecule has 0 amide bonds. The van der Waals surface area contributed by atoms with E-state index >= 15 is 0 Å². The smallest absolute Gasteiger partial charge is 0.331 e. The lowest BCUT2D eigenvalue weighted by Gasteiger charge is -2.22. The van der Waals surface area contributed by atoms with Crippen LogP contribution in [0.15, 0.2) is 23.3 Å². The predicted octanol–water partition coefficient (Wildman–Crippen LogP) is 6.77. The molecule has 0 spiro atoms. The summed E-state index contributed by atoms with van der Waals surface area (Å²) in [4.78, 5) is 0. The Kier molecular flexibility index (Phi) is 13.8. The zero-order chi connectivity index (χ0) is 17.6. The molecular weight excluding hydrogens is 300 g/mol. The van der Waals surface area contributed by atoms with E-state index in [1.807, 2.05) is 0 Å². The molecule has 0 aliphatic rings. The SMILES string of the molecule is CCCCCCCCO[Si](C)(C)OC/C=C(\C)CCC=C(C)C. The van der Waals surface area contributed by atoms with Crippen molar-refractivity contribution in [3.63, 3.8) is 0 Å². The molecule has 0 fully saturated rings. The third kappa shape index (κ3) is 16.3. The Morgan fingerprint density at radius 2 is 1.52 bits per heavy atom. The van der Waals surface area contributed by atoms with Crippen LogP contribution in [0.3, 0.4) is 0 Å². The molecule has 0 aromatic rings. The van der Waals surface area contributed by atoms with Crippen molar-refractivity contribution in [1.82, 2.24) is 0 Å². The molecule has 23 heavy (non-hydrogen) atoms. The molecule has 0 unspecified atom stereocenters. The van der Waals surface area contributed by atoms with Crippen molar-refractivity contribution < 1.29 is 8.85 Å². The van der Waals surface area contributed by atoms with Crippen molar-refractivity contribution in [2.45, 2.75) is 92.2 Å². The lowest BCUT2D eigenvalue weighted by Crippen LogP contribution is -2.35. The first-order chi connectivity index (χ1) is 10.9. The quantitative estimate of drug-likeness (QED) is 0.197. The molecule has 0 aliphatic heterocycles. The van der Waals surface area contributed by atoms with Crippen LogP contribution in [-0.2, 0) is 8.85 Å². The molecule has 0 atom stereocenters. The highest BCUT2D eigenvalue weighted by Gasteiger charge is 2.23. The second-order valence-electron chi connectivity index (χ2n) is 7.20. The van der Waals surface area contributed by atoms with Crippen LogP contribution in [0.4, 0.5) is 0 Å². The van der Waals surface area contributed by atoms with Gasteiger partial charge in [-0.05, 0) is 53.1 Å². The van der Waals surface area contributed by atoms with E-state index < -0.39 is 8.56 Å². The van der Waals surface area contributed by atoms with Crippen molar-refractivity contribution in [3.05, 3.63) is 23.3 Å². The zero-order valence-electron chi connectivity index (χ0n) is 16.5. The monoisotopic (exact) mass is 340 g/mol. The summed E-state index contributed by atoms with van der Waals surface area (Å²) in [6.07, 6.45) is 14.6. The van der Waals surface area contributed by atoms with Crippen LogP contribution in [0.5, 0.6) is 0 Å². The second-order valence-corrected chi connectivity index (χ2v) is 10.6. The minimum absolute atomic E-state index is 0.691. The Hall–Kier alpha value is -0.383. The van der Waals surface area contributed by atoms with Gasteiger partial charge >= 0.3 is 8.56 Å². The fourth-order valence-corrected chi connectivity index (χ4v) is 3.52. The van der Waals surface area contributed by atoms with Crippen LogP contribution in [0, 0.1) is 0 Å². The number of unbranched alkanes of at least 4 members (excludes halogenated alkanes) is 5. The lowest BCUT2D eigenvalue weighted by atomic mass is 10.1. The number of hydrogen-bond donors (Lipinski definition) is 0. The van der Waals surface area contributed by atoms with Gasteiger partial charge in [0.1, 0.15) is 0 Å². The maximum absolute atomic E-state index is 6.01. The fourth-order valence-electron chi connectivity index (χ4n) is 2.32. The van der Waals surface area contributed by atoms with Crippen LogP contribution in [0.1, 0.15) is 79.1 Å². The lowest BCUT2D eigenvalue weighted by molar-refractivity contribution is 0.190. The molecular formula is C20H40O2Si. The van der Waals surface area contributed by atoms with E-state index in [4.69, 9.17) is 8.85 Å². The molecule has 0 aliphatic carbocycles. The van der Waals surface area contributed by atoms with Gasteiger partial charge in [-0.1, -0.05) is 62.3 Å². The molecule has 2 nitrogen and oxygen atoms in total. The van der Waals surface area contributed by atoms with Gasteiger partial charge in [0.2, 0.25) is 0 Å². The highest BCUT2D eigenvalue weighted by atomic mass is 28.4. The van der Waals surface area contributed by atoms with E-state index in [2.05, 4.69) is 52.9 Å². The van der Waals surface area contributed by atoms with Crippen LogP contribution >= 0.6 is 0 Å². The maximum atomic E-state index is 6.01. The molecule has 0 aromatic heterocycles. The summed E-state index contributed by atoms with van der Waals surface area (Å²) in [5.74, 6) is 0. The first-order valence-electron chi connectivity index (χ1n) is 9.44. The van der Waals surface area contributed by atoms with Crippen molar-refractivity contribution in [1.29, 1.82) is 0 Å². The van der Waals surface area contributed by atoms with E-state index in [-0.39, 0.29) is 0 Å². The average Bonchev–Trinajstić information content (AvgIpc) is 2.45. The Bertz CT molecular complexity index is 342. The van der Waals surface area contributed by atoms with Gasteiger partial charge in [-0.25, -0.2) is 0 Å². The predicted molar refractivity (Wildman–Crippen MR) is 105 cm³/mol.